The molecule has 23 heavy (non-hydrogen) atoms. The van der Waals surface area contributed by atoms with E-state index in [1.807, 2.05) is 12.1 Å². The zero-order chi connectivity index (χ0) is 16.7. The molecule has 6 heteroatoms. The monoisotopic (exact) mass is 334 g/mol. The molecule has 0 unspecified atom stereocenters. The van der Waals surface area contributed by atoms with Crippen LogP contribution >= 0.6 is 11.6 Å². The van der Waals surface area contributed by atoms with E-state index in [0.717, 1.165) is 24.6 Å². The highest BCUT2D eigenvalue weighted by Crippen LogP contribution is 2.17. The second-order valence-corrected chi connectivity index (χ2v) is 5.78. The van der Waals surface area contributed by atoms with Gasteiger partial charge in [-0.25, -0.2) is 4.98 Å². The molecule has 2 rings (SSSR count). The number of pyridine rings is 1. The van der Waals surface area contributed by atoms with Crippen LogP contribution in [0, 0.1) is 0 Å². The number of nitrogens with one attached hydrogen (secondary N) is 1. The van der Waals surface area contributed by atoms with Gasteiger partial charge in [0.25, 0.3) is 5.91 Å². The number of carbonyl (C=O) groups is 2. The molecular weight excluding hydrogens is 316 g/mol. The normalized spacial score (nSPS) is 10.7. The number of aromatic nitrogens is 1. The zero-order valence-corrected chi connectivity index (χ0v) is 13.5. The smallest absolute Gasteiger partial charge is 0.303 e. The van der Waals surface area contributed by atoms with Crippen LogP contribution in [0.15, 0.2) is 30.3 Å². The largest absolute Gasteiger partial charge is 0.481 e. The van der Waals surface area contributed by atoms with Crippen molar-refractivity contribution in [1.29, 1.82) is 0 Å². The van der Waals surface area contributed by atoms with Gasteiger partial charge >= 0.3 is 5.97 Å². The molecule has 0 bridgehead atoms. The number of benzene rings is 1. The van der Waals surface area contributed by atoms with Crippen LogP contribution in [0.3, 0.4) is 0 Å². The summed E-state index contributed by atoms with van der Waals surface area (Å²) < 4.78 is 0. The SMILES string of the molecule is O=C(O)CCCCCCNC(=O)c1ccc2ccc(Cl)cc2n1. The van der Waals surface area contributed by atoms with E-state index in [-0.39, 0.29) is 12.3 Å². The number of carboxylic acid groups (broad SMARTS) is 1. The van der Waals surface area contributed by atoms with Gasteiger partial charge in [-0.3, -0.25) is 9.59 Å². The van der Waals surface area contributed by atoms with Crippen molar-refractivity contribution in [2.24, 2.45) is 0 Å². The summed E-state index contributed by atoms with van der Waals surface area (Å²) in [6.45, 7) is 0.557. The van der Waals surface area contributed by atoms with Crippen LogP contribution in [-0.4, -0.2) is 28.5 Å². The first-order valence-electron chi connectivity index (χ1n) is 7.62. The Bertz CT molecular complexity index is 703. The van der Waals surface area contributed by atoms with E-state index in [0.29, 0.717) is 29.2 Å². The van der Waals surface area contributed by atoms with E-state index < -0.39 is 5.97 Å². The number of carbonyl (C=O) groups excluding carboxylic acids is 1. The maximum absolute atomic E-state index is 12.1. The number of carboxylic acids is 1. The Morgan fingerprint density at radius 1 is 1.09 bits per heavy atom. The van der Waals surface area contributed by atoms with Crippen molar-refractivity contribution in [3.63, 3.8) is 0 Å². The lowest BCUT2D eigenvalue weighted by molar-refractivity contribution is -0.137. The number of hydrogen-bond donors (Lipinski definition) is 2. The van der Waals surface area contributed by atoms with Crippen LogP contribution in [0.5, 0.6) is 0 Å². The molecule has 0 aliphatic heterocycles. The average molecular weight is 335 g/mol. The van der Waals surface area contributed by atoms with Gasteiger partial charge < -0.3 is 10.4 Å². The second-order valence-electron chi connectivity index (χ2n) is 5.35. The number of amides is 1. The van der Waals surface area contributed by atoms with Gasteiger partial charge in [0.2, 0.25) is 0 Å². The summed E-state index contributed by atoms with van der Waals surface area (Å²) in [5, 5.41) is 12.9. The Balaban J connectivity index is 1.78. The topological polar surface area (TPSA) is 79.3 Å². The molecule has 2 aromatic rings. The fraction of sp³-hybridized carbons (Fsp3) is 0.353. The van der Waals surface area contributed by atoms with Crippen molar-refractivity contribution >= 4 is 34.4 Å². The molecule has 0 fully saturated rings. The molecule has 122 valence electrons. The van der Waals surface area contributed by atoms with Crippen molar-refractivity contribution in [3.8, 4) is 0 Å². The Hall–Kier alpha value is -2.14. The number of nitrogens with zero attached hydrogens (tertiary/aromatic N) is 1. The highest BCUT2D eigenvalue weighted by molar-refractivity contribution is 6.31. The minimum absolute atomic E-state index is 0.204. The van der Waals surface area contributed by atoms with E-state index in [1.54, 1.807) is 18.2 Å². The lowest BCUT2D eigenvalue weighted by Crippen LogP contribution is -2.25. The molecule has 0 saturated carbocycles. The van der Waals surface area contributed by atoms with Crippen molar-refractivity contribution in [2.45, 2.75) is 32.1 Å². The predicted molar refractivity (Wildman–Crippen MR) is 89.8 cm³/mol. The first kappa shape index (κ1) is 17.2. The molecular formula is C17H19ClN2O3. The maximum atomic E-state index is 12.1. The second kappa shape index (κ2) is 8.48. The Labute approximate surface area is 139 Å². The van der Waals surface area contributed by atoms with Gasteiger partial charge in [-0.05, 0) is 31.0 Å². The highest BCUT2D eigenvalue weighted by Gasteiger charge is 2.07. The van der Waals surface area contributed by atoms with Gasteiger partial charge in [0.15, 0.2) is 0 Å². The summed E-state index contributed by atoms with van der Waals surface area (Å²) >= 11 is 5.94. The molecule has 2 N–H and O–H groups in total. The van der Waals surface area contributed by atoms with Crippen LogP contribution in [0.25, 0.3) is 10.9 Å². The van der Waals surface area contributed by atoms with Crippen LogP contribution in [0.1, 0.15) is 42.6 Å². The predicted octanol–water partition coefficient (Wildman–Crippen LogP) is 3.65. The third-order valence-corrected chi connectivity index (χ3v) is 3.72. The number of halogens is 1. The highest BCUT2D eigenvalue weighted by atomic mass is 35.5. The number of aliphatic carboxylic acids is 1. The van der Waals surface area contributed by atoms with Gasteiger partial charge in [-0.1, -0.05) is 36.6 Å². The maximum Gasteiger partial charge on any atom is 0.303 e. The molecule has 0 atom stereocenters. The summed E-state index contributed by atoms with van der Waals surface area (Å²) in [7, 11) is 0. The quantitative estimate of drug-likeness (QED) is 0.722. The molecule has 0 aliphatic rings. The van der Waals surface area contributed by atoms with E-state index in [2.05, 4.69) is 10.3 Å². The third-order valence-electron chi connectivity index (χ3n) is 3.49. The van der Waals surface area contributed by atoms with Gasteiger partial charge in [0, 0.05) is 23.4 Å². The molecule has 0 aliphatic carbocycles. The molecule has 1 heterocycles. The summed E-state index contributed by atoms with van der Waals surface area (Å²) in [4.78, 5) is 26.8. The van der Waals surface area contributed by atoms with E-state index in [4.69, 9.17) is 16.7 Å². The number of rotatable bonds is 8. The van der Waals surface area contributed by atoms with Gasteiger partial charge in [0.05, 0.1) is 5.52 Å². The van der Waals surface area contributed by atoms with Gasteiger partial charge in [0.1, 0.15) is 5.69 Å². The number of unbranched alkanes of at least 4 members (excludes halogenated alkanes) is 3. The molecule has 0 spiro atoms. The molecule has 5 nitrogen and oxygen atoms in total. The summed E-state index contributed by atoms with van der Waals surface area (Å²) in [6, 6.07) is 8.92. The fourth-order valence-electron chi connectivity index (χ4n) is 2.26. The molecule has 0 radical (unpaired) electrons. The Kier molecular flexibility index (Phi) is 6.35. The summed E-state index contributed by atoms with van der Waals surface area (Å²) in [5.74, 6) is -0.974. The standard InChI is InChI=1S/C17H19ClN2O3/c18-13-8-6-12-7-9-14(20-15(12)11-13)17(23)19-10-4-2-1-3-5-16(21)22/h6-9,11H,1-5,10H2,(H,19,23)(H,21,22). The van der Waals surface area contributed by atoms with E-state index >= 15 is 0 Å². The lowest BCUT2D eigenvalue weighted by atomic mass is 10.1. The van der Waals surface area contributed by atoms with E-state index in [1.165, 1.54) is 0 Å². The number of hydrogen-bond acceptors (Lipinski definition) is 3. The van der Waals surface area contributed by atoms with Crippen molar-refractivity contribution < 1.29 is 14.7 Å². The fourth-order valence-corrected chi connectivity index (χ4v) is 2.43. The van der Waals surface area contributed by atoms with Gasteiger partial charge in [-0.15, -0.1) is 0 Å². The first-order valence-corrected chi connectivity index (χ1v) is 8.00. The molecule has 0 saturated heterocycles. The molecule has 1 aromatic heterocycles. The van der Waals surface area contributed by atoms with Gasteiger partial charge in [-0.2, -0.15) is 0 Å². The lowest BCUT2D eigenvalue weighted by Gasteiger charge is -2.06. The van der Waals surface area contributed by atoms with E-state index in [9.17, 15) is 9.59 Å². The van der Waals surface area contributed by atoms with Crippen LogP contribution in [-0.2, 0) is 4.79 Å². The number of fused-ring (bicyclic) bond motifs is 1. The molecule has 1 amide bonds. The summed E-state index contributed by atoms with van der Waals surface area (Å²) in [6.07, 6.45) is 3.46. The van der Waals surface area contributed by atoms with Crippen LogP contribution in [0.4, 0.5) is 0 Å². The third kappa shape index (κ3) is 5.53. The van der Waals surface area contributed by atoms with Crippen LogP contribution < -0.4 is 5.32 Å². The van der Waals surface area contributed by atoms with Crippen molar-refractivity contribution in [1.82, 2.24) is 10.3 Å². The Morgan fingerprint density at radius 2 is 1.83 bits per heavy atom. The molecule has 1 aromatic carbocycles. The zero-order valence-electron chi connectivity index (χ0n) is 12.7. The van der Waals surface area contributed by atoms with Crippen molar-refractivity contribution in [2.75, 3.05) is 6.54 Å². The minimum Gasteiger partial charge on any atom is -0.481 e. The first-order chi connectivity index (χ1) is 11.1. The summed E-state index contributed by atoms with van der Waals surface area (Å²) in [5.41, 5.74) is 1.06. The Morgan fingerprint density at radius 3 is 2.61 bits per heavy atom. The van der Waals surface area contributed by atoms with Crippen molar-refractivity contribution in [3.05, 3.63) is 41.0 Å². The van der Waals surface area contributed by atoms with Crippen LogP contribution in [0.2, 0.25) is 5.02 Å². The minimum atomic E-state index is -0.763. The average Bonchev–Trinajstić information content (AvgIpc) is 2.52.